The zero-order valence-electron chi connectivity index (χ0n) is 10.2. The molecule has 3 heteroatoms. The number of benzene rings is 1. The van der Waals surface area contributed by atoms with Crippen LogP contribution in [0.1, 0.15) is 25.0 Å². The first-order chi connectivity index (χ1) is 7.39. The Morgan fingerprint density at radius 1 is 1.12 bits per heavy atom. The molecule has 0 fully saturated rings. The van der Waals surface area contributed by atoms with Gasteiger partial charge in [-0.3, -0.25) is 0 Å². The van der Waals surface area contributed by atoms with E-state index >= 15 is 0 Å². The first-order valence-corrected chi connectivity index (χ1v) is 7.47. The van der Waals surface area contributed by atoms with E-state index in [9.17, 15) is 8.42 Å². The number of aryl methyl sites for hydroxylation is 2. The van der Waals surface area contributed by atoms with Gasteiger partial charge in [0, 0.05) is 0 Å². The highest BCUT2D eigenvalue weighted by atomic mass is 32.2. The average molecular weight is 240 g/mol. The number of hydrogen-bond donors (Lipinski definition) is 0. The summed E-state index contributed by atoms with van der Waals surface area (Å²) in [6, 6.07) is 8.04. The summed E-state index contributed by atoms with van der Waals surface area (Å²) in [5.74, 6) is 0.760. The van der Waals surface area contributed by atoms with E-state index in [-0.39, 0.29) is 11.7 Å². The van der Waals surface area contributed by atoms with Crippen molar-refractivity contribution in [2.45, 2.75) is 27.2 Å². The van der Waals surface area contributed by atoms with Crippen molar-refractivity contribution >= 4 is 9.84 Å². The molecule has 1 rings (SSSR count). The van der Waals surface area contributed by atoms with Crippen molar-refractivity contribution < 1.29 is 8.42 Å². The van der Waals surface area contributed by atoms with Gasteiger partial charge in [0.2, 0.25) is 0 Å². The van der Waals surface area contributed by atoms with E-state index < -0.39 is 9.84 Å². The van der Waals surface area contributed by atoms with Crippen LogP contribution in [-0.2, 0) is 16.3 Å². The monoisotopic (exact) mass is 240 g/mol. The molecule has 90 valence electrons. The van der Waals surface area contributed by atoms with Crippen molar-refractivity contribution in [3.63, 3.8) is 0 Å². The second-order valence-electron chi connectivity index (χ2n) is 4.74. The van der Waals surface area contributed by atoms with E-state index in [4.69, 9.17) is 0 Å². The van der Waals surface area contributed by atoms with E-state index in [1.165, 1.54) is 5.56 Å². The van der Waals surface area contributed by atoms with E-state index in [2.05, 4.69) is 0 Å². The van der Waals surface area contributed by atoms with Crippen LogP contribution in [0.25, 0.3) is 0 Å². The van der Waals surface area contributed by atoms with Gasteiger partial charge in [0.15, 0.2) is 9.84 Å². The standard InChI is InChI=1S/C13H20O2S/c1-11(2)10-16(14,15)9-8-13-6-4-12(3)5-7-13/h4-7,11H,8-10H2,1-3H3. The molecule has 0 aliphatic heterocycles. The van der Waals surface area contributed by atoms with E-state index in [0.29, 0.717) is 12.2 Å². The second-order valence-corrected chi connectivity index (χ2v) is 6.97. The quantitative estimate of drug-likeness (QED) is 0.793. The second kappa shape index (κ2) is 5.48. The van der Waals surface area contributed by atoms with Gasteiger partial charge in [0.05, 0.1) is 11.5 Å². The molecule has 0 spiro atoms. The van der Waals surface area contributed by atoms with E-state index in [1.807, 2.05) is 45.0 Å². The van der Waals surface area contributed by atoms with Crippen LogP contribution < -0.4 is 0 Å². The Kier molecular flexibility index (Phi) is 4.54. The molecule has 0 saturated heterocycles. The third-order valence-corrected chi connectivity index (χ3v) is 4.41. The summed E-state index contributed by atoms with van der Waals surface area (Å²) < 4.78 is 23.4. The summed E-state index contributed by atoms with van der Waals surface area (Å²) in [6.45, 7) is 5.89. The van der Waals surface area contributed by atoms with Crippen LogP contribution in [0, 0.1) is 12.8 Å². The SMILES string of the molecule is Cc1ccc(CCS(=O)(=O)CC(C)C)cc1. The largest absolute Gasteiger partial charge is 0.229 e. The lowest BCUT2D eigenvalue weighted by atomic mass is 10.1. The smallest absolute Gasteiger partial charge is 0.150 e. The maximum absolute atomic E-state index is 11.7. The van der Waals surface area contributed by atoms with Gasteiger partial charge in [-0.25, -0.2) is 8.42 Å². The predicted molar refractivity (Wildman–Crippen MR) is 68.4 cm³/mol. The zero-order valence-corrected chi connectivity index (χ0v) is 11.0. The molecule has 16 heavy (non-hydrogen) atoms. The summed E-state index contributed by atoms with van der Waals surface area (Å²) in [5.41, 5.74) is 2.30. The van der Waals surface area contributed by atoms with Gasteiger partial charge < -0.3 is 0 Å². The Hall–Kier alpha value is -0.830. The fourth-order valence-electron chi connectivity index (χ4n) is 1.62. The van der Waals surface area contributed by atoms with Crippen molar-refractivity contribution in [1.82, 2.24) is 0 Å². The van der Waals surface area contributed by atoms with Gasteiger partial charge in [0.25, 0.3) is 0 Å². The van der Waals surface area contributed by atoms with Crippen LogP contribution in [-0.4, -0.2) is 19.9 Å². The molecule has 0 N–H and O–H groups in total. The summed E-state index contributed by atoms with van der Waals surface area (Å²) in [6.07, 6.45) is 0.620. The van der Waals surface area contributed by atoms with Gasteiger partial charge in [-0.2, -0.15) is 0 Å². The highest BCUT2D eigenvalue weighted by Crippen LogP contribution is 2.07. The Bertz CT molecular complexity index is 416. The first-order valence-electron chi connectivity index (χ1n) is 5.65. The molecule has 1 aromatic carbocycles. The van der Waals surface area contributed by atoms with Crippen molar-refractivity contribution in [1.29, 1.82) is 0 Å². The minimum Gasteiger partial charge on any atom is -0.229 e. The molecule has 0 bridgehead atoms. The molecule has 0 aromatic heterocycles. The van der Waals surface area contributed by atoms with Crippen LogP contribution in [0.4, 0.5) is 0 Å². The van der Waals surface area contributed by atoms with Crippen LogP contribution in [0.5, 0.6) is 0 Å². The lowest BCUT2D eigenvalue weighted by Gasteiger charge is -2.07. The highest BCUT2D eigenvalue weighted by Gasteiger charge is 2.12. The molecule has 0 aliphatic carbocycles. The zero-order chi connectivity index (χ0) is 12.2. The number of hydrogen-bond acceptors (Lipinski definition) is 2. The minimum absolute atomic E-state index is 0.211. The summed E-state index contributed by atoms with van der Waals surface area (Å²) in [5, 5.41) is 0. The maximum atomic E-state index is 11.7. The van der Waals surface area contributed by atoms with Crippen LogP contribution in [0.2, 0.25) is 0 Å². The third kappa shape index (κ3) is 4.79. The summed E-state index contributed by atoms with van der Waals surface area (Å²) in [4.78, 5) is 0. The molecule has 0 aliphatic rings. The first kappa shape index (κ1) is 13.2. The normalized spacial score (nSPS) is 12.0. The number of rotatable bonds is 5. The molecular weight excluding hydrogens is 220 g/mol. The topological polar surface area (TPSA) is 34.1 Å². The molecule has 0 unspecified atom stereocenters. The lowest BCUT2D eigenvalue weighted by molar-refractivity contribution is 0.581. The average Bonchev–Trinajstić information content (AvgIpc) is 2.15. The summed E-state index contributed by atoms with van der Waals surface area (Å²) in [7, 11) is -2.89. The minimum atomic E-state index is -2.89. The molecule has 0 heterocycles. The van der Waals surface area contributed by atoms with E-state index in [1.54, 1.807) is 0 Å². The molecule has 0 radical (unpaired) electrons. The van der Waals surface area contributed by atoms with Crippen molar-refractivity contribution in [3.05, 3.63) is 35.4 Å². The highest BCUT2D eigenvalue weighted by molar-refractivity contribution is 7.91. The van der Waals surface area contributed by atoms with Crippen molar-refractivity contribution in [2.75, 3.05) is 11.5 Å². The van der Waals surface area contributed by atoms with Gasteiger partial charge in [-0.15, -0.1) is 0 Å². The number of sulfone groups is 1. The lowest BCUT2D eigenvalue weighted by Crippen LogP contribution is -2.16. The van der Waals surface area contributed by atoms with Gasteiger partial charge in [-0.05, 0) is 24.8 Å². The van der Waals surface area contributed by atoms with Crippen LogP contribution >= 0.6 is 0 Å². The van der Waals surface area contributed by atoms with Crippen molar-refractivity contribution in [3.8, 4) is 0 Å². The third-order valence-electron chi connectivity index (χ3n) is 2.41. The van der Waals surface area contributed by atoms with Crippen molar-refractivity contribution in [2.24, 2.45) is 5.92 Å². The fourth-order valence-corrected chi connectivity index (χ4v) is 3.35. The molecule has 0 saturated carbocycles. The van der Waals surface area contributed by atoms with Gasteiger partial charge in [0.1, 0.15) is 0 Å². The van der Waals surface area contributed by atoms with E-state index in [0.717, 1.165) is 5.56 Å². The van der Waals surface area contributed by atoms with Gasteiger partial charge in [-0.1, -0.05) is 43.7 Å². The molecule has 1 aromatic rings. The van der Waals surface area contributed by atoms with Gasteiger partial charge >= 0.3 is 0 Å². The Morgan fingerprint density at radius 3 is 2.19 bits per heavy atom. The molecular formula is C13H20O2S. The maximum Gasteiger partial charge on any atom is 0.150 e. The molecule has 0 atom stereocenters. The predicted octanol–water partition coefficient (Wildman–Crippen LogP) is 2.61. The molecule has 0 amide bonds. The Balaban J connectivity index is 2.54. The molecule has 2 nitrogen and oxygen atoms in total. The summed E-state index contributed by atoms with van der Waals surface area (Å²) >= 11 is 0. The Labute approximate surface area is 98.6 Å². The van der Waals surface area contributed by atoms with Crippen LogP contribution in [0.3, 0.4) is 0 Å². The van der Waals surface area contributed by atoms with Crippen LogP contribution in [0.15, 0.2) is 24.3 Å². The fraction of sp³-hybridized carbons (Fsp3) is 0.538. The Morgan fingerprint density at radius 2 is 1.69 bits per heavy atom.